The van der Waals surface area contributed by atoms with Gasteiger partial charge < -0.3 is 10.1 Å². The fourth-order valence-corrected chi connectivity index (χ4v) is 3.65. The van der Waals surface area contributed by atoms with Gasteiger partial charge in [0.05, 0.1) is 30.6 Å². The lowest BCUT2D eigenvalue weighted by molar-refractivity contribution is -0.114. The number of nitrogens with one attached hydrogen (secondary N) is 1. The van der Waals surface area contributed by atoms with Crippen LogP contribution in [0.15, 0.2) is 11.4 Å². The molecule has 1 amide bonds. The second kappa shape index (κ2) is 7.42. The molecule has 1 saturated heterocycles. The number of aromatic nitrogens is 3. The number of aryl methyl sites for hydroxylation is 2. The van der Waals surface area contributed by atoms with Gasteiger partial charge in [0.25, 0.3) is 0 Å². The first-order chi connectivity index (χ1) is 11.5. The Morgan fingerprint density at radius 1 is 1.50 bits per heavy atom. The molecule has 1 aliphatic heterocycles. The maximum atomic E-state index is 11.1. The number of ether oxygens (including phenoxy) is 1. The van der Waals surface area contributed by atoms with Crippen molar-refractivity contribution in [3.05, 3.63) is 28.5 Å². The number of carbonyl (C=O) groups excluding carboxylic acids is 1. The molecule has 24 heavy (non-hydrogen) atoms. The van der Waals surface area contributed by atoms with E-state index in [1.165, 1.54) is 18.3 Å². The van der Waals surface area contributed by atoms with E-state index < -0.39 is 0 Å². The van der Waals surface area contributed by atoms with Gasteiger partial charge in [-0.2, -0.15) is 5.10 Å². The topological polar surface area (TPSA) is 72.3 Å². The molecule has 8 heteroatoms. The molecule has 1 N–H and O–H groups in total. The summed E-state index contributed by atoms with van der Waals surface area (Å²) in [6.07, 6.45) is 0.130. The third-order valence-corrected chi connectivity index (χ3v) is 4.73. The summed E-state index contributed by atoms with van der Waals surface area (Å²) in [6.45, 7) is 9.56. The monoisotopic (exact) mass is 349 g/mol. The van der Waals surface area contributed by atoms with Gasteiger partial charge in [0.2, 0.25) is 5.91 Å². The highest BCUT2D eigenvalue weighted by Crippen LogP contribution is 2.18. The number of carbonyl (C=O) groups is 1. The molecule has 1 fully saturated rings. The predicted molar refractivity (Wildman–Crippen MR) is 93.1 cm³/mol. The van der Waals surface area contributed by atoms with E-state index in [9.17, 15) is 4.79 Å². The molecule has 0 aliphatic carbocycles. The molecule has 0 bridgehead atoms. The zero-order valence-corrected chi connectivity index (χ0v) is 15.1. The van der Waals surface area contributed by atoms with Crippen LogP contribution in [0, 0.1) is 13.8 Å². The van der Waals surface area contributed by atoms with Crippen LogP contribution in [0.1, 0.15) is 24.0 Å². The quantitative estimate of drug-likeness (QED) is 0.891. The van der Waals surface area contributed by atoms with Crippen molar-refractivity contribution in [3.8, 4) is 0 Å². The molecule has 1 atom stereocenters. The molecule has 3 rings (SSSR count). The second-order valence-corrected chi connectivity index (χ2v) is 7.02. The van der Waals surface area contributed by atoms with Crippen molar-refractivity contribution >= 4 is 22.4 Å². The Labute approximate surface area is 145 Å². The number of hydrogen-bond donors (Lipinski definition) is 1. The molecule has 2 aromatic heterocycles. The standard InChI is InChI=1S/C16H23N5O2S/c1-11-6-12(2)21(19-11)9-15-8-20(4-5-23-15)7-14-10-24-16(18-14)17-13(3)22/h6,10,15H,4-5,7-9H2,1-3H3,(H,17,18,22)/t15-/m1/s1. The SMILES string of the molecule is CC(=O)Nc1nc(CN2CCO[C@@H](Cn3nc(C)cc3C)C2)cs1. The minimum Gasteiger partial charge on any atom is -0.374 e. The molecule has 3 heterocycles. The highest BCUT2D eigenvalue weighted by atomic mass is 32.1. The van der Waals surface area contributed by atoms with E-state index >= 15 is 0 Å². The van der Waals surface area contributed by atoms with Crippen molar-refractivity contribution < 1.29 is 9.53 Å². The molecule has 1 aliphatic rings. The lowest BCUT2D eigenvalue weighted by Gasteiger charge is -2.32. The molecule has 2 aromatic rings. The zero-order chi connectivity index (χ0) is 17.1. The van der Waals surface area contributed by atoms with Crippen LogP contribution in [0.5, 0.6) is 0 Å². The molecule has 0 unspecified atom stereocenters. The summed E-state index contributed by atoms with van der Waals surface area (Å²) in [5.41, 5.74) is 3.18. The summed E-state index contributed by atoms with van der Waals surface area (Å²) >= 11 is 1.46. The molecular formula is C16H23N5O2S. The number of morpholine rings is 1. The van der Waals surface area contributed by atoms with Crippen molar-refractivity contribution in [2.75, 3.05) is 25.0 Å². The first kappa shape index (κ1) is 17.1. The number of amides is 1. The number of anilines is 1. The van der Waals surface area contributed by atoms with E-state index in [0.717, 1.165) is 43.3 Å². The summed E-state index contributed by atoms with van der Waals surface area (Å²) in [5.74, 6) is -0.0905. The summed E-state index contributed by atoms with van der Waals surface area (Å²) < 4.78 is 7.91. The highest BCUT2D eigenvalue weighted by molar-refractivity contribution is 7.13. The smallest absolute Gasteiger partial charge is 0.223 e. The normalized spacial score (nSPS) is 18.7. The molecular weight excluding hydrogens is 326 g/mol. The zero-order valence-electron chi connectivity index (χ0n) is 14.3. The Bertz CT molecular complexity index is 711. The maximum Gasteiger partial charge on any atom is 0.223 e. The third kappa shape index (κ3) is 4.40. The van der Waals surface area contributed by atoms with Crippen molar-refractivity contribution in [3.63, 3.8) is 0 Å². The van der Waals surface area contributed by atoms with Crippen LogP contribution in [0.2, 0.25) is 0 Å². The van der Waals surface area contributed by atoms with Crippen molar-refractivity contribution in [2.24, 2.45) is 0 Å². The minimum atomic E-state index is -0.0905. The second-order valence-electron chi connectivity index (χ2n) is 6.16. The van der Waals surface area contributed by atoms with E-state index in [1.54, 1.807) is 0 Å². The summed E-state index contributed by atoms with van der Waals surface area (Å²) in [4.78, 5) is 17.9. The number of thiazole rings is 1. The van der Waals surface area contributed by atoms with Crippen molar-refractivity contribution in [1.82, 2.24) is 19.7 Å². The molecule has 0 spiro atoms. The molecule has 7 nitrogen and oxygen atoms in total. The van der Waals surface area contributed by atoms with Crippen LogP contribution in [-0.2, 0) is 22.6 Å². The van der Waals surface area contributed by atoms with Crippen LogP contribution < -0.4 is 5.32 Å². The van der Waals surface area contributed by atoms with Gasteiger partial charge in [0, 0.05) is 37.6 Å². The number of hydrogen-bond acceptors (Lipinski definition) is 6. The first-order valence-corrected chi connectivity index (χ1v) is 8.94. The van der Waals surface area contributed by atoms with Crippen LogP contribution in [0.25, 0.3) is 0 Å². The highest BCUT2D eigenvalue weighted by Gasteiger charge is 2.22. The van der Waals surface area contributed by atoms with Gasteiger partial charge in [0.1, 0.15) is 0 Å². The van der Waals surface area contributed by atoms with E-state index in [4.69, 9.17) is 4.74 Å². The largest absolute Gasteiger partial charge is 0.374 e. The Kier molecular flexibility index (Phi) is 5.27. The fourth-order valence-electron chi connectivity index (χ4n) is 2.90. The predicted octanol–water partition coefficient (Wildman–Crippen LogP) is 1.82. The van der Waals surface area contributed by atoms with Crippen molar-refractivity contribution in [2.45, 2.75) is 40.0 Å². The van der Waals surface area contributed by atoms with E-state index in [1.807, 2.05) is 17.0 Å². The van der Waals surface area contributed by atoms with Crippen LogP contribution in [-0.4, -0.2) is 51.4 Å². The van der Waals surface area contributed by atoms with E-state index in [-0.39, 0.29) is 12.0 Å². The van der Waals surface area contributed by atoms with Gasteiger partial charge in [-0.1, -0.05) is 0 Å². The Balaban J connectivity index is 1.56. The Hall–Kier alpha value is -1.77. The van der Waals surface area contributed by atoms with Gasteiger partial charge in [-0.3, -0.25) is 14.4 Å². The summed E-state index contributed by atoms with van der Waals surface area (Å²) in [7, 11) is 0. The molecule has 0 radical (unpaired) electrons. The lowest BCUT2D eigenvalue weighted by atomic mass is 10.2. The minimum absolute atomic E-state index is 0.0905. The van der Waals surface area contributed by atoms with Gasteiger partial charge in [-0.05, 0) is 19.9 Å². The fraction of sp³-hybridized carbons (Fsp3) is 0.562. The first-order valence-electron chi connectivity index (χ1n) is 8.06. The number of nitrogens with zero attached hydrogens (tertiary/aromatic N) is 4. The van der Waals surface area contributed by atoms with E-state index in [2.05, 4.69) is 33.3 Å². The third-order valence-electron chi connectivity index (χ3n) is 3.92. The number of rotatable bonds is 5. The maximum absolute atomic E-state index is 11.1. The molecule has 0 saturated carbocycles. The van der Waals surface area contributed by atoms with Crippen LogP contribution in [0.4, 0.5) is 5.13 Å². The average Bonchev–Trinajstić information content (AvgIpc) is 3.05. The lowest BCUT2D eigenvalue weighted by Crippen LogP contribution is -2.44. The average molecular weight is 349 g/mol. The van der Waals surface area contributed by atoms with Gasteiger partial charge in [0.15, 0.2) is 5.13 Å². The van der Waals surface area contributed by atoms with Gasteiger partial charge in [-0.15, -0.1) is 11.3 Å². The van der Waals surface area contributed by atoms with Crippen LogP contribution >= 0.6 is 11.3 Å². The van der Waals surface area contributed by atoms with Crippen molar-refractivity contribution in [1.29, 1.82) is 0 Å². The Morgan fingerprint density at radius 2 is 2.33 bits per heavy atom. The summed E-state index contributed by atoms with van der Waals surface area (Å²) in [5, 5.41) is 9.89. The van der Waals surface area contributed by atoms with E-state index in [0.29, 0.717) is 11.7 Å². The Morgan fingerprint density at radius 3 is 3.04 bits per heavy atom. The summed E-state index contributed by atoms with van der Waals surface area (Å²) in [6, 6.07) is 2.08. The van der Waals surface area contributed by atoms with Gasteiger partial charge >= 0.3 is 0 Å². The molecule has 0 aromatic carbocycles. The van der Waals surface area contributed by atoms with Gasteiger partial charge in [-0.25, -0.2) is 4.98 Å². The van der Waals surface area contributed by atoms with Crippen LogP contribution in [0.3, 0.4) is 0 Å². The molecule has 130 valence electrons.